The maximum Gasteiger partial charge on any atom is 0.345 e. The van der Waals surface area contributed by atoms with E-state index in [0.717, 1.165) is 5.39 Å². The Morgan fingerprint density at radius 2 is 2.00 bits per heavy atom. The number of benzene rings is 1. The Morgan fingerprint density at radius 1 is 1.25 bits per heavy atom. The lowest BCUT2D eigenvalue weighted by atomic mass is 10.2. The number of hydrogen-bond acceptors (Lipinski definition) is 3. The van der Waals surface area contributed by atoms with Crippen molar-refractivity contribution in [2.75, 3.05) is 5.73 Å². The minimum Gasteiger partial charge on any atom is -0.406 e. The third kappa shape index (κ3) is 0.955. The smallest absolute Gasteiger partial charge is 0.345 e. The number of nitrogens with two attached hydrogens (primary N) is 1. The van der Waals surface area contributed by atoms with Crippen LogP contribution in [0.5, 0.6) is 0 Å². The summed E-state index contributed by atoms with van der Waals surface area (Å²) < 4.78 is 4.71. The van der Waals surface area contributed by atoms with Crippen molar-refractivity contribution in [1.29, 1.82) is 0 Å². The highest BCUT2D eigenvalue weighted by Gasteiger charge is 1.99. The van der Waals surface area contributed by atoms with Crippen LogP contribution in [0.1, 0.15) is 0 Å². The van der Waals surface area contributed by atoms with Gasteiger partial charge in [0.15, 0.2) is 5.88 Å². The molecule has 0 spiro atoms. The molecule has 1 aromatic heterocycles. The van der Waals surface area contributed by atoms with Gasteiger partial charge in [-0.05, 0) is 11.5 Å². The van der Waals surface area contributed by atoms with Crippen molar-refractivity contribution in [3.05, 3.63) is 40.8 Å². The predicted molar refractivity (Wildman–Crippen MR) is 46.9 cm³/mol. The van der Waals surface area contributed by atoms with Gasteiger partial charge in [0.2, 0.25) is 0 Å². The first-order valence-electron chi connectivity index (χ1n) is 3.56. The van der Waals surface area contributed by atoms with Gasteiger partial charge in [0.25, 0.3) is 0 Å². The molecule has 2 N–H and O–H groups in total. The first-order chi connectivity index (χ1) is 5.77. The SMILES string of the molecule is Nc1cc2ccccc2c(=O)o1. The Labute approximate surface area is 68.4 Å². The standard InChI is InChI=1S/C9H7NO2/c10-8-5-6-3-1-2-4-7(6)9(11)12-8/h1-5H,10H2. The molecule has 60 valence electrons. The fraction of sp³-hybridized carbons (Fsp3) is 0. The summed E-state index contributed by atoms with van der Waals surface area (Å²) in [7, 11) is 0. The molecule has 0 saturated heterocycles. The van der Waals surface area contributed by atoms with Crippen molar-refractivity contribution in [2.24, 2.45) is 0 Å². The van der Waals surface area contributed by atoms with Crippen LogP contribution in [0, 0.1) is 0 Å². The van der Waals surface area contributed by atoms with Crippen LogP contribution in [0.3, 0.4) is 0 Å². The molecule has 0 saturated carbocycles. The second-order valence-electron chi connectivity index (χ2n) is 2.52. The van der Waals surface area contributed by atoms with E-state index in [1.807, 2.05) is 12.1 Å². The predicted octanol–water partition coefficient (Wildman–Crippen LogP) is 1.38. The highest BCUT2D eigenvalue weighted by molar-refractivity contribution is 5.82. The normalized spacial score (nSPS) is 10.3. The lowest BCUT2D eigenvalue weighted by molar-refractivity contribution is 0.540. The molecule has 1 heterocycles. The fourth-order valence-corrected chi connectivity index (χ4v) is 1.15. The van der Waals surface area contributed by atoms with Crippen LogP contribution in [0.25, 0.3) is 10.8 Å². The Hall–Kier alpha value is -1.77. The summed E-state index contributed by atoms with van der Waals surface area (Å²) in [5, 5.41) is 1.37. The van der Waals surface area contributed by atoms with Gasteiger partial charge in [-0.3, -0.25) is 0 Å². The summed E-state index contributed by atoms with van der Waals surface area (Å²) in [5.74, 6) is 0.152. The van der Waals surface area contributed by atoms with Crippen LogP contribution < -0.4 is 11.4 Å². The second-order valence-corrected chi connectivity index (χ2v) is 2.52. The Kier molecular flexibility index (Phi) is 1.37. The average molecular weight is 161 g/mol. The van der Waals surface area contributed by atoms with Gasteiger partial charge in [-0.1, -0.05) is 18.2 Å². The molecule has 0 radical (unpaired) electrons. The van der Waals surface area contributed by atoms with Crippen molar-refractivity contribution >= 4 is 16.7 Å². The highest BCUT2D eigenvalue weighted by atomic mass is 16.4. The molecule has 0 aliphatic rings. The van der Waals surface area contributed by atoms with Gasteiger partial charge in [-0.25, -0.2) is 4.79 Å². The van der Waals surface area contributed by atoms with Crippen molar-refractivity contribution in [2.45, 2.75) is 0 Å². The molecule has 0 aliphatic heterocycles. The van der Waals surface area contributed by atoms with E-state index in [4.69, 9.17) is 10.2 Å². The van der Waals surface area contributed by atoms with E-state index in [0.29, 0.717) is 5.39 Å². The molecule has 3 heteroatoms. The monoisotopic (exact) mass is 161 g/mol. The summed E-state index contributed by atoms with van der Waals surface area (Å²) in [6.45, 7) is 0. The van der Waals surface area contributed by atoms with E-state index in [-0.39, 0.29) is 11.5 Å². The summed E-state index contributed by atoms with van der Waals surface area (Å²) in [6.07, 6.45) is 0. The molecule has 0 fully saturated rings. The van der Waals surface area contributed by atoms with E-state index in [1.165, 1.54) is 0 Å². The first-order valence-corrected chi connectivity index (χ1v) is 3.56. The lowest BCUT2D eigenvalue weighted by Gasteiger charge is -1.95. The number of rotatable bonds is 0. The maximum atomic E-state index is 11.2. The summed E-state index contributed by atoms with van der Waals surface area (Å²) in [6, 6.07) is 8.80. The summed E-state index contributed by atoms with van der Waals surface area (Å²) in [5.41, 5.74) is 4.97. The number of anilines is 1. The van der Waals surface area contributed by atoms with Gasteiger partial charge in [-0.2, -0.15) is 0 Å². The maximum absolute atomic E-state index is 11.2. The van der Waals surface area contributed by atoms with E-state index in [1.54, 1.807) is 18.2 Å². The summed E-state index contributed by atoms with van der Waals surface area (Å²) >= 11 is 0. The molecular weight excluding hydrogens is 154 g/mol. The van der Waals surface area contributed by atoms with Crippen LogP contribution in [-0.2, 0) is 0 Å². The number of fused-ring (bicyclic) bond motifs is 1. The zero-order valence-electron chi connectivity index (χ0n) is 6.28. The van der Waals surface area contributed by atoms with Gasteiger partial charge in [0, 0.05) is 6.07 Å². The zero-order chi connectivity index (χ0) is 8.55. The second kappa shape index (κ2) is 2.37. The number of hydrogen-bond donors (Lipinski definition) is 1. The van der Waals surface area contributed by atoms with Gasteiger partial charge in [-0.15, -0.1) is 0 Å². The van der Waals surface area contributed by atoms with Crippen molar-refractivity contribution < 1.29 is 4.42 Å². The topological polar surface area (TPSA) is 56.2 Å². The molecule has 2 rings (SSSR count). The molecule has 0 amide bonds. The molecule has 0 bridgehead atoms. The van der Waals surface area contributed by atoms with Gasteiger partial charge in [0.1, 0.15) is 0 Å². The minimum atomic E-state index is -0.384. The summed E-state index contributed by atoms with van der Waals surface area (Å²) in [4.78, 5) is 11.2. The van der Waals surface area contributed by atoms with E-state index >= 15 is 0 Å². The largest absolute Gasteiger partial charge is 0.406 e. The van der Waals surface area contributed by atoms with E-state index < -0.39 is 0 Å². The van der Waals surface area contributed by atoms with Crippen LogP contribution in [0.2, 0.25) is 0 Å². The van der Waals surface area contributed by atoms with Crippen LogP contribution in [-0.4, -0.2) is 0 Å². The van der Waals surface area contributed by atoms with Crippen molar-refractivity contribution in [1.82, 2.24) is 0 Å². The molecular formula is C9H7NO2. The van der Waals surface area contributed by atoms with E-state index in [2.05, 4.69) is 0 Å². The lowest BCUT2D eigenvalue weighted by Crippen LogP contribution is -2.01. The van der Waals surface area contributed by atoms with Gasteiger partial charge < -0.3 is 10.2 Å². The van der Waals surface area contributed by atoms with Crippen molar-refractivity contribution in [3.8, 4) is 0 Å². The molecule has 0 atom stereocenters. The van der Waals surface area contributed by atoms with Crippen LogP contribution in [0.15, 0.2) is 39.5 Å². The molecule has 0 aliphatic carbocycles. The zero-order valence-corrected chi connectivity index (χ0v) is 6.28. The Morgan fingerprint density at radius 3 is 2.83 bits per heavy atom. The highest BCUT2D eigenvalue weighted by Crippen LogP contribution is 2.11. The minimum absolute atomic E-state index is 0.152. The van der Waals surface area contributed by atoms with E-state index in [9.17, 15) is 4.79 Å². The quantitative estimate of drug-likeness (QED) is 0.634. The fourth-order valence-electron chi connectivity index (χ4n) is 1.15. The number of nitrogen functional groups attached to an aromatic ring is 1. The Bertz CT molecular complexity index is 473. The van der Waals surface area contributed by atoms with Gasteiger partial charge >= 0.3 is 5.63 Å². The molecule has 3 nitrogen and oxygen atoms in total. The van der Waals surface area contributed by atoms with Gasteiger partial charge in [0.05, 0.1) is 5.39 Å². The third-order valence-corrected chi connectivity index (χ3v) is 1.69. The van der Waals surface area contributed by atoms with Crippen LogP contribution >= 0.6 is 0 Å². The van der Waals surface area contributed by atoms with Crippen LogP contribution in [0.4, 0.5) is 5.88 Å². The Balaban J connectivity index is 2.99. The van der Waals surface area contributed by atoms with Crippen molar-refractivity contribution in [3.63, 3.8) is 0 Å². The molecule has 12 heavy (non-hydrogen) atoms. The molecule has 1 aromatic carbocycles. The average Bonchev–Trinajstić information content (AvgIpc) is 2.04. The third-order valence-electron chi connectivity index (χ3n) is 1.69. The first kappa shape index (κ1) is 6.91. The molecule has 0 unspecified atom stereocenters. The molecule has 2 aromatic rings.